The molecule has 3 nitrogen and oxygen atoms in total. The van der Waals surface area contributed by atoms with Gasteiger partial charge in [0.05, 0.1) is 23.8 Å². The normalized spacial score (nSPS) is 10.2. The zero-order valence-corrected chi connectivity index (χ0v) is 10.3. The summed E-state index contributed by atoms with van der Waals surface area (Å²) < 4.78 is 30.4. The molecular weight excluding hydrogens is 264 g/mol. The van der Waals surface area contributed by atoms with E-state index in [1.54, 1.807) is 13.0 Å². The van der Waals surface area contributed by atoms with Gasteiger partial charge in [0.2, 0.25) is 0 Å². The van der Waals surface area contributed by atoms with Gasteiger partial charge in [-0.25, -0.2) is 13.6 Å². The summed E-state index contributed by atoms with van der Waals surface area (Å²) in [5.41, 5.74) is -0.575. The van der Waals surface area contributed by atoms with Crippen molar-refractivity contribution in [1.29, 1.82) is 5.26 Å². The molecule has 1 rings (SSSR count). The molecule has 0 atom stereocenters. The smallest absolute Gasteiger partial charge is 0.338 e. The predicted molar refractivity (Wildman–Crippen MR) is 61.6 cm³/mol. The number of hydrogen-bond donors (Lipinski definition) is 0. The zero-order valence-electron chi connectivity index (χ0n) is 9.54. The van der Waals surface area contributed by atoms with Crippen LogP contribution in [0.3, 0.4) is 0 Å². The van der Waals surface area contributed by atoms with Gasteiger partial charge in [-0.1, -0.05) is 0 Å². The highest BCUT2D eigenvalue weighted by Gasteiger charge is 2.21. The lowest BCUT2D eigenvalue weighted by molar-refractivity contribution is 0.0525. The van der Waals surface area contributed by atoms with Gasteiger partial charge in [-0.2, -0.15) is 5.26 Å². The molecule has 18 heavy (non-hydrogen) atoms. The van der Waals surface area contributed by atoms with Gasteiger partial charge >= 0.3 is 5.97 Å². The molecule has 0 aromatic heterocycles. The van der Waals surface area contributed by atoms with Crippen molar-refractivity contribution in [2.75, 3.05) is 6.61 Å². The average molecular weight is 274 g/mol. The summed E-state index contributed by atoms with van der Waals surface area (Å²) in [6.07, 6.45) is -2.82. The summed E-state index contributed by atoms with van der Waals surface area (Å²) in [4.78, 5) is 11.5. The second kappa shape index (κ2) is 6.31. The molecule has 0 radical (unpaired) electrons. The van der Waals surface area contributed by atoms with Crippen LogP contribution >= 0.6 is 11.6 Å². The molecule has 0 unspecified atom stereocenters. The first kappa shape index (κ1) is 14.4. The molecule has 0 N–H and O–H groups in total. The van der Waals surface area contributed by atoms with Crippen molar-refractivity contribution >= 4 is 17.6 Å². The fraction of sp³-hybridized carbons (Fsp3) is 0.333. The van der Waals surface area contributed by atoms with E-state index in [0.29, 0.717) is 0 Å². The number of esters is 1. The van der Waals surface area contributed by atoms with E-state index in [9.17, 15) is 13.6 Å². The molecule has 0 fully saturated rings. The maximum Gasteiger partial charge on any atom is 0.338 e. The van der Waals surface area contributed by atoms with Gasteiger partial charge in [0.25, 0.3) is 6.43 Å². The van der Waals surface area contributed by atoms with Crippen molar-refractivity contribution in [2.45, 2.75) is 19.2 Å². The molecule has 0 aliphatic carbocycles. The molecule has 0 bridgehead atoms. The highest BCUT2D eigenvalue weighted by atomic mass is 35.5. The number of carbonyl (C=O) groups excluding carboxylic acids is 1. The van der Waals surface area contributed by atoms with Crippen molar-refractivity contribution in [1.82, 2.24) is 0 Å². The Morgan fingerprint density at radius 1 is 1.56 bits per heavy atom. The molecule has 0 saturated heterocycles. The lowest BCUT2D eigenvalue weighted by Crippen LogP contribution is -2.08. The Morgan fingerprint density at radius 2 is 2.22 bits per heavy atom. The van der Waals surface area contributed by atoms with E-state index >= 15 is 0 Å². The number of rotatable bonds is 4. The van der Waals surface area contributed by atoms with E-state index in [-0.39, 0.29) is 29.2 Å². The summed E-state index contributed by atoms with van der Waals surface area (Å²) >= 11 is 5.56. The third-order valence-electron chi connectivity index (χ3n) is 2.26. The minimum atomic E-state index is -2.82. The van der Waals surface area contributed by atoms with Gasteiger partial charge in [0.15, 0.2) is 0 Å². The largest absolute Gasteiger partial charge is 0.462 e. The first-order chi connectivity index (χ1) is 8.54. The Labute approximate surface area is 108 Å². The molecule has 1 aromatic rings. The van der Waals surface area contributed by atoms with Gasteiger partial charge < -0.3 is 4.74 Å². The van der Waals surface area contributed by atoms with E-state index in [1.807, 2.05) is 0 Å². The van der Waals surface area contributed by atoms with Crippen molar-refractivity contribution in [3.8, 4) is 6.07 Å². The SMILES string of the molecule is CCOC(=O)c1cc(C#N)c(C(F)F)c(CCl)c1. The van der Waals surface area contributed by atoms with Crippen LogP contribution in [0, 0.1) is 11.3 Å². The van der Waals surface area contributed by atoms with Crippen molar-refractivity contribution < 1.29 is 18.3 Å². The monoisotopic (exact) mass is 273 g/mol. The van der Waals surface area contributed by atoms with Crippen molar-refractivity contribution in [2.24, 2.45) is 0 Å². The maximum atomic E-state index is 12.8. The van der Waals surface area contributed by atoms with Crippen molar-refractivity contribution in [3.05, 3.63) is 34.4 Å². The maximum absolute atomic E-state index is 12.8. The molecule has 6 heteroatoms. The number of nitrogens with zero attached hydrogens (tertiary/aromatic N) is 1. The van der Waals surface area contributed by atoms with Crippen molar-refractivity contribution in [3.63, 3.8) is 0 Å². The third kappa shape index (κ3) is 2.96. The summed E-state index contributed by atoms with van der Waals surface area (Å²) in [5.74, 6) is -0.872. The summed E-state index contributed by atoms with van der Waals surface area (Å²) in [6, 6.07) is 3.96. The second-order valence-electron chi connectivity index (χ2n) is 3.36. The van der Waals surface area contributed by atoms with E-state index < -0.39 is 18.0 Å². The fourth-order valence-electron chi connectivity index (χ4n) is 1.51. The molecule has 96 valence electrons. The average Bonchev–Trinajstić information content (AvgIpc) is 2.36. The molecule has 0 amide bonds. The first-order valence-electron chi connectivity index (χ1n) is 5.13. The fourth-order valence-corrected chi connectivity index (χ4v) is 1.73. The van der Waals surface area contributed by atoms with Crippen LogP contribution in [0.25, 0.3) is 0 Å². The highest BCUT2D eigenvalue weighted by molar-refractivity contribution is 6.17. The molecule has 0 aliphatic heterocycles. The Hall–Kier alpha value is -1.67. The standard InChI is InChI=1S/C12H10ClF2NO2/c1-2-18-12(17)7-3-8(5-13)10(11(14)15)9(4-7)6-16/h3-4,11H,2,5H2,1H3. The van der Waals surface area contributed by atoms with Crippen LogP contribution in [0.4, 0.5) is 8.78 Å². The molecule has 0 aliphatic rings. The van der Waals surface area contributed by atoms with E-state index in [4.69, 9.17) is 21.6 Å². The number of alkyl halides is 3. The first-order valence-corrected chi connectivity index (χ1v) is 5.66. The number of ether oxygens (including phenoxy) is 1. The number of halogens is 3. The third-order valence-corrected chi connectivity index (χ3v) is 2.55. The summed E-state index contributed by atoms with van der Waals surface area (Å²) in [6.45, 7) is 1.78. The minimum Gasteiger partial charge on any atom is -0.462 e. The lowest BCUT2D eigenvalue weighted by Gasteiger charge is -2.11. The van der Waals surface area contributed by atoms with Gasteiger partial charge in [0.1, 0.15) is 0 Å². The number of nitriles is 1. The Bertz CT molecular complexity index is 498. The second-order valence-corrected chi connectivity index (χ2v) is 3.63. The lowest BCUT2D eigenvalue weighted by atomic mass is 9.99. The Balaban J connectivity index is 3.36. The topological polar surface area (TPSA) is 50.1 Å². The minimum absolute atomic E-state index is 0.0495. The van der Waals surface area contributed by atoms with Crippen LogP contribution in [0.2, 0.25) is 0 Å². The van der Waals surface area contributed by atoms with E-state index in [1.165, 1.54) is 6.07 Å². The van der Waals surface area contributed by atoms with Crippen LogP contribution in [-0.2, 0) is 10.6 Å². The number of hydrogen-bond acceptors (Lipinski definition) is 3. The Morgan fingerprint density at radius 3 is 2.67 bits per heavy atom. The molecule has 1 aromatic carbocycles. The molecule has 0 heterocycles. The van der Waals surface area contributed by atoms with Crippen LogP contribution < -0.4 is 0 Å². The molecule has 0 spiro atoms. The van der Waals surface area contributed by atoms with Gasteiger partial charge in [-0.15, -0.1) is 11.6 Å². The van der Waals surface area contributed by atoms with Crippen LogP contribution in [0.5, 0.6) is 0 Å². The molecular formula is C12H10ClF2NO2. The van der Waals surface area contributed by atoms with E-state index in [2.05, 4.69) is 0 Å². The highest BCUT2D eigenvalue weighted by Crippen LogP contribution is 2.29. The summed E-state index contributed by atoms with van der Waals surface area (Å²) in [5, 5.41) is 8.84. The van der Waals surface area contributed by atoms with E-state index in [0.717, 1.165) is 6.07 Å². The van der Waals surface area contributed by atoms with Gasteiger partial charge in [0, 0.05) is 11.4 Å². The van der Waals surface area contributed by atoms with Crippen LogP contribution in [-0.4, -0.2) is 12.6 Å². The van der Waals surface area contributed by atoms with Gasteiger partial charge in [-0.3, -0.25) is 0 Å². The number of carbonyl (C=O) groups is 1. The zero-order chi connectivity index (χ0) is 13.7. The quantitative estimate of drug-likeness (QED) is 0.624. The predicted octanol–water partition coefficient (Wildman–Crippen LogP) is 3.41. The van der Waals surface area contributed by atoms with Crippen LogP contribution in [0.1, 0.15) is 40.4 Å². The number of benzene rings is 1. The van der Waals surface area contributed by atoms with Crippen LogP contribution in [0.15, 0.2) is 12.1 Å². The molecule has 0 saturated carbocycles. The van der Waals surface area contributed by atoms with Gasteiger partial charge in [-0.05, 0) is 24.6 Å². The summed E-state index contributed by atoms with van der Waals surface area (Å²) in [7, 11) is 0. The Kier molecular flexibility index (Phi) is 5.05.